The van der Waals surface area contributed by atoms with E-state index in [0.29, 0.717) is 0 Å². The molecule has 0 bridgehead atoms. The molecule has 0 aliphatic rings. The SMILES string of the molecule is O=C(O)C[C@@H](C(=O)C(=O)O)[C@@H](O)C(=O)O. The van der Waals surface area contributed by atoms with Gasteiger partial charge in [-0.25, -0.2) is 9.59 Å². The number of carbonyl (C=O) groups is 4. The molecule has 15 heavy (non-hydrogen) atoms. The minimum Gasteiger partial charge on any atom is -0.481 e. The van der Waals surface area contributed by atoms with Crippen LogP contribution in [0.2, 0.25) is 0 Å². The highest BCUT2D eigenvalue weighted by Gasteiger charge is 2.37. The number of hydrogen-bond donors (Lipinski definition) is 4. The Kier molecular flexibility index (Phi) is 4.39. The first-order valence-electron chi connectivity index (χ1n) is 3.67. The average molecular weight is 220 g/mol. The summed E-state index contributed by atoms with van der Waals surface area (Å²) >= 11 is 0. The lowest BCUT2D eigenvalue weighted by molar-refractivity contribution is -0.160. The van der Waals surface area contributed by atoms with Crippen LogP contribution in [0.1, 0.15) is 6.42 Å². The zero-order chi connectivity index (χ0) is 12.2. The Balaban J connectivity index is 4.87. The maximum absolute atomic E-state index is 10.8. The standard InChI is InChI=1S/C7H8O8/c8-3(9)1-2(4(10)6(12)13)5(11)7(14)15/h2,4,10H,1H2,(H,8,9)(H,12,13)(H,14,15)/t2-,4-/m1/s1. The smallest absolute Gasteiger partial charge is 0.372 e. The third-order valence-electron chi connectivity index (χ3n) is 1.58. The first-order valence-corrected chi connectivity index (χ1v) is 3.67. The average Bonchev–Trinajstić information content (AvgIpc) is 2.11. The van der Waals surface area contributed by atoms with E-state index in [0.717, 1.165) is 0 Å². The number of aliphatic carboxylic acids is 3. The first kappa shape index (κ1) is 13.0. The molecule has 0 aromatic heterocycles. The number of carboxylic acid groups (broad SMARTS) is 3. The fourth-order valence-electron chi connectivity index (χ4n) is 0.867. The molecule has 84 valence electrons. The van der Waals surface area contributed by atoms with Crippen molar-refractivity contribution in [2.75, 3.05) is 0 Å². The van der Waals surface area contributed by atoms with Crippen LogP contribution in [0.3, 0.4) is 0 Å². The van der Waals surface area contributed by atoms with Crippen LogP contribution in [0, 0.1) is 5.92 Å². The van der Waals surface area contributed by atoms with Crippen molar-refractivity contribution >= 4 is 23.7 Å². The Labute approximate surface area is 82.8 Å². The Morgan fingerprint density at radius 2 is 1.47 bits per heavy atom. The highest BCUT2D eigenvalue weighted by molar-refractivity contribution is 6.34. The quantitative estimate of drug-likeness (QED) is 0.382. The molecule has 0 unspecified atom stereocenters. The van der Waals surface area contributed by atoms with E-state index in [-0.39, 0.29) is 0 Å². The van der Waals surface area contributed by atoms with Gasteiger partial charge in [-0.05, 0) is 0 Å². The Bertz CT molecular complexity index is 306. The van der Waals surface area contributed by atoms with Gasteiger partial charge in [0.1, 0.15) is 0 Å². The largest absolute Gasteiger partial charge is 0.481 e. The normalized spacial score (nSPS) is 13.9. The number of aliphatic hydroxyl groups excluding tert-OH is 1. The summed E-state index contributed by atoms with van der Waals surface area (Å²) in [6.45, 7) is 0. The van der Waals surface area contributed by atoms with Crippen LogP contribution in [0.4, 0.5) is 0 Å². The monoisotopic (exact) mass is 220 g/mol. The van der Waals surface area contributed by atoms with Crippen molar-refractivity contribution < 1.29 is 39.6 Å². The van der Waals surface area contributed by atoms with Gasteiger partial charge >= 0.3 is 17.9 Å². The molecule has 0 saturated carbocycles. The summed E-state index contributed by atoms with van der Waals surface area (Å²) in [7, 11) is 0. The molecule has 0 heterocycles. The lowest BCUT2D eigenvalue weighted by Gasteiger charge is -2.14. The van der Waals surface area contributed by atoms with Crippen LogP contribution < -0.4 is 0 Å². The number of hydrogen-bond acceptors (Lipinski definition) is 5. The predicted octanol–water partition coefficient (Wildman–Crippen LogP) is -1.82. The second-order valence-electron chi connectivity index (χ2n) is 2.66. The summed E-state index contributed by atoms with van der Waals surface area (Å²) in [6.07, 6.45) is -3.40. The third kappa shape index (κ3) is 3.73. The molecule has 0 saturated heterocycles. The van der Waals surface area contributed by atoms with Crippen LogP contribution in [-0.2, 0) is 19.2 Å². The zero-order valence-corrected chi connectivity index (χ0v) is 7.28. The van der Waals surface area contributed by atoms with Gasteiger partial charge < -0.3 is 20.4 Å². The maximum atomic E-state index is 10.8. The molecule has 0 rings (SSSR count). The molecule has 0 aromatic rings. The molecule has 8 heteroatoms. The number of Topliss-reactive ketones (excluding diaryl/α,β-unsaturated/α-hetero) is 1. The number of ketones is 1. The summed E-state index contributed by atoms with van der Waals surface area (Å²) in [5, 5.41) is 33.8. The number of aliphatic hydroxyl groups is 1. The Morgan fingerprint density at radius 1 is 1.00 bits per heavy atom. The van der Waals surface area contributed by atoms with Crippen molar-refractivity contribution in [3.63, 3.8) is 0 Å². The van der Waals surface area contributed by atoms with Crippen molar-refractivity contribution in [1.29, 1.82) is 0 Å². The van der Waals surface area contributed by atoms with E-state index in [2.05, 4.69) is 0 Å². The van der Waals surface area contributed by atoms with E-state index in [1.807, 2.05) is 0 Å². The van der Waals surface area contributed by atoms with E-state index in [1.165, 1.54) is 0 Å². The third-order valence-corrected chi connectivity index (χ3v) is 1.58. The summed E-state index contributed by atoms with van der Waals surface area (Å²) < 4.78 is 0. The molecule has 0 aliphatic carbocycles. The van der Waals surface area contributed by atoms with Crippen molar-refractivity contribution in [1.82, 2.24) is 0 Å². The maximum Gasteiger partial charge on any atom is 0.372 e. The Hall–Kier alpha value is -1.96. The molecule has 0 aliphatic heterocycles. The fraction of sp³-hybridized carbons (Fsp3) is 0.429. The van der Waals surface area contributed by atoms with E-state index in [1.54, 1.807) is 0 Å². The van der Waals surface area contributed by atoms with Gasteiger partial charge in [0.15, 0.2) is 6.10 Å². The van der Waals surface area contributed by atoms with Crippen LogP contribution in [0.25, 0.3) is 0 Å². The Morgan fingerprint density at radius 3 is 1.73 bits per heavy atom. The zero-order valence-electron chi connectivity index (χ0n) is 7.28. The van der Waals surface area contributed by atoms with Gasteiger partial charge in [-0.15, -0.1) is 0 Å². The van der Waals surface area contributed by atoms with E-state index in [9.17, 15) is 19.2 Å². The van der Waals surface area contributed by atoms with Gasteiger partial charge in [-0.2, -0.15) is 0 Å². The molecule has 0 spiro atoms. The first-order chi connectivity index (χ1) is 6.77. The van der Waals surface area contributed by atoms with Gasteiger partial charge in [0.05, 0.1) is 12.3 Å². The topological polar surface area (TPSA) is 149 Å². The van der Waals surface area contributed by atoms with Gasteiger partial charge in [-0.1, -0.05) is 0 Å². The molecule has 0 aromatic carbocycles. The molecule has 0 radical (unpaired) electrons. The van der Waals surface area contributed by atoms with Crippen molar-refractivity contribution in [3.8, 4) is 0 Å². The van der Waals surface area contributed by atoms with Gasteiger partial charge in [0, 0.05) is 0 Å². The number of carbonyl (C=O) groups excluding carboxylic acids is 1. The highest BCUT2D eigenvalue weighted by Crippen LogP contribution is 2.11. The molecule has 0 fully saturated rings. The lowest BCUT2D eigenvalue weighted by atomic mass is 9.94. The number of carboxylic acids is 3. The van der Waals surface area contributed by atoms with E-state index >= 15 is 0 Å². The van der Waals surface area contributed by atoms with Crippen molar-refractivity contribution in [3.05, 3.63) is 0 Å². The lowest BCUT2D eigenvalue weighted by Crippen LogP contribution is -2.39. The van der Waals surface area contributed by atoms with Crippen LogP contribution in [-0.4, -0.2) is 50.2 Å². The van der Waals surface area contributed by atoms with E-state index in [4.69, 9.17) is 20.4 Å². The second kappa shape index (κ2) is 5.05. The molecular weight excluding hydrogens is 212 g/mol. The summed E-state index contributed by atoms with van der Waals surface area (Å²) in [5.74, 6) is -9.04. The van der Waals surface area contributed by atoms with Gasteiger partial charge in [0.25, 0.3) is 0 Å². The molecular formula is C7H8O8. The van der Waals surface area contributed by atoms with Crippen molar-refractivity contribution in [2.45, 2.75) is 12.5 Å². The molecule has 8 nitrogen and oxygen atoms in total. The summed E-state index contributed by atoms with van der Waals surface area (Å²) in [4.78, 5) is 41.5. The summed E-state index contributed by atoms with van der Waals surface area (Å²) in [5.41, 5.74) is 0. The second-order valence-corrected chi connectivity index (χ2v) is 2.66. The molecule has 0 amide bonds. The predicted molar refractivity (Wildman–Crippen MR) is 42.0 cm³/mol. The van der Waals surface area contributed by atoms with E-state index < -0.39 is 42.1 Å². The summed E-state index contributed by atoms with van der Waals surface area (Å²) in [6, 6.07) is 0. The minimum atomic E-state index is -2.34. The molecule has 2 atom stereocenters. The van der Waals surface area contributed by atoms with Gasteiger partial charge in [0.2, 0.25) is 5.78 Å². The van der Waals surface area contributed by atoms with Crippen LogP contribution in [0.15, 0.2) is 0 Å². The van der Waals surface area contributed by atoms with Crippen LogP contribution >= 0.6 is 0 Å². The fourth-order valence-corrected chi connectivity index (χ4v) is 0.867. The van der Waals surface area contributed by atoms with Crippen LogP contribution in [0.5, 0.6) is 0 Å². The molecule has 4 N–H and O–H groups in total. The minimum absolute atomic E-state index is 1.06. The van der Waals surface area contributed by atoms with Gasteiger partial charge in [-0.3, -0.25) is 9.59 Å². The van der Waals surface area contributed by atoms with Crippen molar-refractivity contribution in [2.24, 2.45) is 5.92 Å². The number of rotatable bonds is 6. The highest BCUT2D eigenvalue weighted by atomic mass is 16.4.